The summed E-state index contributed by atoms with van der Waals surface area (Å²) < 4.78 is 26.6. The van der Waals surface area contributed by atoms with E-state index in [0.717, 1.165) is 12.8 Å². The SMILES string of the molecule is [2H][C@](Nc1cc(Cl)c2ncc(C#N)c(NCC(C)(C)C)c2c1)(c1cn(C2(C)CC2)nn1)c1c(F)cccc1Cl. The predicted octanol–water partition coefficient (Wildman–Crippen LogP) is 7.31. The highest BCUT2D eigenvalue weighted by molar-refractivity contribution is 6.36. The van der Waals surface area contributed by atoms with Crippen molar-refractivity contribution in [1.82, 2.24) is 20.0 Å². The Labute approximate surface area is 232 Å². The molecule has 0 saturated heterocycles. The maximum absolute atomic E-state index is 15.3. The zero-order chi connectivity index (χ0) is 28.2. The number of nitriles is 1. The van der Waals surface area contributed by atoms with Crippen molar-refractivity contribution in [1.29, 1.82) is 5.26 Å². The molecule has 0 radical (unpaired) electrons. The lowest BCUT2D eigenvalue weighted by atomic mass is 9.96. The van der Waals surface area contributed by atoms with Gasteiger partial charge in [0.1, 0.15) is 23.6 Å². The van der Waals surface area contributed by atoms with Crippen LogP contribution in [0, 0.1) is 22.6 Å². The van der Waals surface area contributed by atoms with Gasteiger partial charge in [-0.1, -0.05) is 55.3 Å². The van der Waals surface area contributed by atoms with Gasteiger partial charge in [0, 0.05) is 34.4 Å². The van der Waals surface area contributed by atoms with Gasteiger partial charge in [-0.3, -0.25) is 4.98 Å². The molecule has 2 aromatic heterocycles. The highest BCUT2D eigenvalue weighted by atomic mass is 35.5. The smallest absolute Gasteiger partial charge is 0.130 e. The largest absolute Gasteiger partial charge is 0.383 e. The fraction of sp³-hybridized carbons (Fsp3) is 0.357. The summed E-state index contributed by atoms with van der Waals surface area (Å²) in [6.07, 6.45) is 5.02. The van der Waals surface area contributed by atoms with Crippen molar-refractivity contribution < 1.29 is 5.76 Å². The van der Waals surface area contributed by atoms with Crippen LogP contribution in [0.25, 0.3) is 10.9 Å². The number of nitrogens with one attached hydrogen (secondary N) is 2. The van der Waals surface area contributed by atoms with Crippen LogP contribution in [0.5, 0.6) is 0 Å². The zero-order valence-electron chi connectivity index (χ0n) is 22.5. The second-order valence-corrected chi connectivity index (χ2v) is 11.9. The fourth-order valence-corrected chi connectivity index (χ4v) is 4.67. The van der Waals surface area contributed by atoms with Crippen LogP contribution in [0.2, 0.25) is 10.0 Å². The average Bonchev–Trinajstić information content (AvgIpc) is 3.39. The van der Waals surface area contributed by atoms with E-state index < -0.39 is 11.8 Å². The Balaban J connectivity index is 1.67. The molecule has 0 bridgehead atoms. The molecule has 1 aliphatic rings. The minimum absolute atomic E-state index is 0.0656. The van der Waals surface area contributed by atoms with Crippen molar-refractivity contribution in [3.8, 4) is 6.07 Å². The van der Waals surface area contributed by atoms with Gasteiger partial charge >= 0.3 is 0 Å². The van der Waals surface area contributed by atoms with E-state index in [4.69, 9.17) is 23.2 Å². The first-order chi connectivity index (χ1) is 18.3. The summed E-state index contributed by atoms with van der Waals surface area (Å²) in [4.78, 5) is 4.40. The topological polar surface area (TPSA) is 91.5 Å². The molecule has 0 amide bonds. The van der Waals surface area contributed by atoms with Crippen LogP contribution in [-0.2, 0) is 5.54 Å². The van der Waals surface area contributed by atoms with Gasteiger partial charge in [-0.05, 0) is 49.4 Å². The van der Waals surface area contributed by atoms with Crippen LogP contribution in [-0.4, -0.2) is 26.5 Å². The Morgan fingerprint density at radius 3 is 2.68 bits per heavy atom. The first-order valence-electron chi connectivity index (χ1n) is 12.8. The monoisotopic (exact) mass is 552 g/mol. The highest BCUT2D eigenvalue weighted by Gasteiger charge is 2.41. The summed E-state index contributed by atoms with van der Waals surface area (Å²) in [5, 5.41) is 25.8. The van der Waals surface area contributed by atoms with E-state index in [2.05, 4.69) is 59.7 Å². The van der Waals surface area contributed by atoms with Gasteiger partial charge in [-0.2, -0.15) is 5.26 Å². The maximum atomic E-state index is 15.3. The molecule has 10 heteroatoms. The molecule has 1 atom stereocenters. The van der Waals surface area contributed by atoms with Crippen molar-refractivity contribution in [2.45, 2.75) is 52.1 Å². The zero-order valence-corrected chi connectivity index (χ0v) is 23.0. The number of nitrogens with zero attached hydrogens (tertiary/aromatic N) is 5. The van der Waals surface area contributed by atoms with Gasteiger partial charge < -0.3 is 10.6 Å². The number of hydrogen-bond acceptors (Lipinski definition) is 6. The number of rotatable bonds is 7. The van der Waals surface area contributed by atoms with Crippen molar-refractivity contribution in [3.63, 3.8) is 0 Å². The Morgan fingerprint density at radius 2 is 2.03 bits per heavy atom. The lowest BCUT2D eigenvalue weighted by Gasteiger charge is -2.23. The molecular weight excluding hydrogens is 524 g/mol. The summed E-state index contributed by atoms with van der Waals surface area (Å²) in [5.74, 6) is -0.662. The van der Waals surface area contributed by atoms with Crippen molar-refractivity contribution in [2.75, 3.05) is 17.2 Å². The van der Waals surface area contributed by atoms with Gasteiger partial charge in [-0.15, -0.1) is 5.10 Å². The average molecular weight is 553 g/mol. The standard InChI is InChI=1S/C28H28Cl2FN7/c1-27(2,3)15-34-24-16(12-32)13-33-25-18(24)10-17(11-20(25)30)35-26(23-19(29)6-5-7-21(23)31)22-14-38(37-36-22)28(4)8-9-28/h5-7,10-11,13-14,26,35H,8-9,15H2,1-4H3,(H,33,34)/t26-/m0/s1/i26D. The molecule has 0 aliphatic heterocycles. The molecule has 0 spiro atoms. The van der Waals surface area contributed by atoms with Gasteiger partial charge in [0.2, 0.25) is 0 Å². The number of anilines is 2. The number of fused-ring (bicyclic) bond motifs is 1. The minimum atomic E-state index is -1.96. The van der Waals surface area contributed by atoms with Crippen molar-refractivity contribution in [2.24, 2.45) is 5.41 Å². The molecule has 7 nitrogen and oxygen atoms in total. The normalized spacial score (nSPS) is 16.4. The fourth-order valence-electron chi connectivity index (χ4n) is 4.15. The van der Waals surface area contributed by atoms with E-state index >= 15 is 4.39 Å². The molecule has 0 unspecified atom stereocenters. The van der Waals surface area contributed by atoms with E-state index in [0.29, 0.717) is 39.4 Å². The Morgan fingerprint density at radius 1 is 1.26 bits per heavy atom. The third-order valence-corrected chi connectivity index (χ3v) is 7.20. The van der Waals surface area contributed by atoms with Crippen molar-refractivity contribution >= 4 is 45.5 Å². The predicted molar refractivity (Wildman–Crippen MR) is 149 cm³/mol. The summed E-state index contributed by atoms with van der Waals surface area (Å²) in [5.41, 5.74) is 1.66. The molecule has 4 aromatic rings. The third-order valence-electron chi connectivity index (χ3n) is 6.60. The van der Waals surface area contributed by atoms with Gasteiger partial charge in [0.15, 0.2) is 0 Å². The molecule has 5 rings (SSSR count). The van der Waals surface area contributed by atoms with E-state index in [1.807, 2.05) is 0 Å². The van der Waals surface area contributed by atoms with Gasteiger partial charge in [0.05, 0.1) is 34.9 Å². The van der Waals surface area contributed by atoms with Crippen molar-refractivity contribution in [3.05, 3.63) is 75.4 Å². The Hall–Kier alpha value is -3.41. The van der Waals surface area contributed by atoms with E-state index in [1.54, 1.807) is 23.0 Å². The van der Waals surface area contributed by atoms with E-state index in [9.17, 15) is 6.63 Å². The van der Waals surface area contributed by atoms with Crippen LogP contribution in [0.3, 0.4) is 0 Å². The van der Waals surface area contributed by atoms with E-state index in [-0.39, 0.29) is 27.2 Å². The van der Waals surface area contributed by atoms with Crippen LogP contribution in [0.4, 0.5) is 15.8 Å². The molecule has 2 aromatic carbocycles. The molecule has 1 aliphatic carbocycles. The first kappa shape index (κ1) is 24.9. The van der Waals surface area contributed by atoms with Gasteiger partial charge in [0.25, 0.3) is 0 Å². The maximum Gasteiger partial charge on any atom is 0.130 e. The number of pyridine rings is 1. The molecule has 1 fully saturated rings. The minimum Gasteiger partial charge on any atom is -0.383 e. The number of aromatic nitrogens is 4. The number of benzene rings is 2. The lowest BCUT2D eigenvalue weighted by molar-refractivity contribution is 0.443. The summed E-state index contributed by atoms with van der Waals surface area (Å²) in [6.45, 7) is 8.88. The molecule has 2 N–H and O–H groups in total. The molecule has 2 heterocycles. The van der Waals surface area contributed by atoms with Crippen LogP contribution < -0.4 is 10.6 Å². The van der Waals surface area contributed by atoms with Crippen LogP contribution in [0.1, 0.15) is 64.7 Å². The number of hydrogen-bond donors (Lipinski definition) is 2. The number of halogens is 3. The highest BCUT2D eigenvalue weighted by Crippen LogP contribution is 2.43. The quantitative estimate of drug-likeness (QED) is 0.249. The second-order valence-electron chi connectivity index (χ2n) is 11.1. The molecule has 1 saturated carbocycles. The summed E-state index contributed by atoms with van der Waals surface area (Å²) in [7, 11) is 0. The van der Waals surface area contributed by atoms with Crippen LogP contribution >= 0.6 is 23.2 Å². The molecule has 38 heavy (non-hydrogen) atoms. The second kappa shape index (κ2) is 9.72. The summed E-state index contributed by atoms with van der Waals surface area (Å²) >= 11 is 13.1. The van der Waals surface area contributed by atoms with E-state index in [1.165, 1.54) is 24.4 Å². The Bertz CT molecular complexity index is 1600. The first-order valence-corrected chi connectivity index (χ1v) is 13.0. The van der Waals surface area contributed by atoms with Crippen LogP contribution in [0.15, 0.2) is 42.7 Å². The molecular formula is C28H28Cl2FN7. The summed E-state index contributed by atoms with van der Waals surface area (Å²) in [6, 6.07) is 7.85. The molecule has 196 valence electrons. The Kier molecular flexibility index (Phi) is 6.37. The third kappa shape index (κ3) is 5.13. The van der Waals surface area contributed by atoms with Gasteiger partial charge in [-0.25, -0.2) is 9.07 Å². The lowest BCUT2D eigenvalue weighted by Crippen LogP contribution is -2.20.